The van der Waals surface area contributed by atoms with Gasteiger partial charge >= 0.3 is 0 Å². The standard InChI is InChI=1S/C24H28N2OSi/c1-15(2)10-17-12-21(26-14-23(17)28(4,5)6)19-9-7-8-18-20-11-16(3)25-13-22(20)27-24(18)19/h7-9,11-15H,10H2,1-6H3. The molecular weight excluding hydrogens is 360 g/mol. The van der Waals surface area contributed by atoms with Gasteiger partial charge in [-0.15, -0.1) is 0 Å². The molecule has 3 heterocycles. The number of hydrogen-bond donors (Lipinski definition) is 0. The van der Waals surface area contributed by atoms with Crippen molar-refractivity contribution in [2.24, 2.45) is 5.92 Å². The molecule has 0 aliphatic rings. The smallest absolute Gasteiger partial charge is 0.153 e. The number of furan rings is 1. The fourth-order valence-corrected chi connectivity index (χ4v) is 5.53. The zero-order valence-electron chi connectivity index (χ0n) is 17.6. The molecule has 3 nitrogen and oxygen atoms in total. The molecule has 0 unspecified atom stereocenters. The minimum atomic E-state index is -1.45. The number of benzene rings is 1. The summed E-state index contributed by atoms with van der Waals surface area (Å²) in [5.41, 5.74) is 6.20. The summed E-state index contributed by atoms with van der Waals surface area (Å²) >= 11 is 0. The van der Waals surface area contributed by atoms with Crippen LogP contribution in [0.5, 0.6) is 0 Å². The van der Waals surface area contributed by atoms with Crippen LogP contribution < -0.4 is 5.19 Å². The van der Waals surface area contributed by atoms with Crippen LogP contribution in [-0.4, -0.2) is 18.0 Å². The third kappa shape index (κ3) is 3.37. The second kappa shape index (κ2) is 6.85. The van der Waals surface area contributed by atoms with E-state index in [1.165, 1.54) is 10.8 Å². The van der Waals surface area contributed by atoms with Crippen molar-refractivity contribution in [1.29, 1.82) is 0 Å². The van der Waals surface area contributed by atoms with Gasteiger partial charge in [0, 0.05) is 28.2 Å². The summed E-state index contributed by atoms with van der Waals surface area (Å²) in [6.07, 6.45) is 5.02. The average molecular weight is 389 g/mol. The van der Waals surface area contributed by atoms with Crippen LogP contribution in [-0.2, 0) is 6.42 Å². The summed E-state index contributed by atoms with van der Waals surface area (Å²) in [5.74, 6) is 0.612. The Morgan fingerprint density at radius 2 is 1.79 bits per heavy atom. The van der Waals surface area contributed by atoms with Crippen molar-refractivity contribution in [3.8, 4) is 11.3 Å². The first kappa shape index (κ1) is 18.9. The summed E-state index contributed by atoms with van der Waals surface area (Å²) in [6, 6.07) is 10.7. The number of aromatic nitrogens is 2. The molecule has 0 fully saturated rings. The first-order chi connectivity index (χ1) is 13.2. The molecule has 3 aromatic heterocycles. The minimum Gasteiger partial charge on any atom is -0.454 e. The molecule has 0 saturated heterocycles. The Hall–Kier alpha value is -2.46. The SMILES string of the molecule is Cc1cc2c(cn1)oc1c(-c3cc(CC(C)C)c([Si](C)(C)C)cn3)cccc12. The fourth-order valence-electron chi connectivity index (χ4n) is 3.94. The summed E-state index contributed by atoms with van der Waals surface area (Å²) in [6.45, 7) is 13.7. The van der Waals surface area contributed by atoms with Gasteiger partial charge in [-0.25, -0.2) is 0 Å². The highest BCUT2D eigenvalue weighted by atomic mass is 28.3. The highest BCUT2D eigenvalue weighted by Gasteiger charge is 2.22. The molecular formula is C24H28N2OSi. The van der Waals surface area contributed by atoms with E-state index in [0.717, 1.165) is 45.3 Å². The van der Waals surface area contributed by atoms with Crippen LogP contribution in [0.25, 0.3) is 33.2 Å². The first-order valence-corrected chi connectivity index (χ1v) is 13.5. The predicted octanol–water partition coefficient (Wildman–Crippen LogP) is 6.10. The first-order valence-electron chi connectivity index (χ1n) is 10.0. The quantitative estimate of drug-likeness (QED) is 0.397. The lowest BCUT2D eigenvalue weighted by Crippen LogP contribution is -2.40. The van der Waals surface area contributed by atoms with E-state index < -0.39 is 8.07 Å². The summed E-state index contributed by atoms with van der Waals surface area (Å²) < 4.78 is 6.22. The van der Waals surface area contributed by atoms with Gasteiger partial charge in [0.1, 0.15) is 5.58 Å². The van der Waals surface area contributed by atoms with Crippen molar-refractivity contribution in [3.05, 3.63) is 54.0 Å². The molecule has 4 heteroatoms. The highest BCUT2D eigenvalue weighted by molar-refractivity contribution is 6.89. The topological polar surface area (TPSA) is 38.9 Å². The molecule has 0 bridgehead atoms. The number of pyridine rings is 2. The Bertz CT molecular complexity index is 1170. The monoisotopic (exact) mass is 388 g/mol. The van der Waals surface area contributed by atoms with Crippen LogP contribution in [0.1, 0.15) is 25.1 Å². The molecule has 4 rings (SSSR count). The molecule has 0 radical (unpaired) electrons. The lowest BCUT2D eigenvalue weighted by Gasteiger charge is -2.22. The van der Waals surface area contributed by atoms with Crippen molar-refractivity contribution in [1.82, 2.24) is 9.97 Å². The molecule has 0 amide bonds. The van der Waals surface area contributed by atoms with Crippen molar-refractivity contribution in [3.63, 3.8) is 0 Å². The minimum absolute atomic E-state index is 0.612. The number of nitrogens with zero attached hydrogens (tertiary/aromatic N) is 2. The van der Waals surface area contributed by atoms with Gasteiger partial charge in [0.2, 0.25) is 0 Å². The van der Waals surface area contributed by atoms with E-state index >= 15 is 0 Å². The summed E-state index contributed by atoms with van der Waals surface area (Å²) in [4.78, 5) is 9.27. The van der Waals surface area contributed by atoms with Crippen LogP contribution in [0.3, 0.4) is 0 Å². The molecule has 144 valence electrons. The Morgan fingerprint density at radius 1 is 1.00 bits per heavy atom. The number of fused-ring (bicyclic) bond motifs is 3. The van der Waals surface area contributed by atoms with Crippen LogP contribution in [0.2, 0.25) is 19.6 Å². The van der Waals surface area contributed by atoms with Gasteiger partial charge in [-0.1, -0.05) is 45.6 Å². The average Bonchev–Trinajstić information content (AvgIpc) is 2.98. The molecule has 1 aromatic carbocycles. The van der Waals surface area contributed by atoms with Gasteiger partial charge in [-0.3, -0.25) is 9.97 Å². The predicted molar refractivity (Wildman–Crippen MR) is 121 cm³/mol. The Kier molecular flexibility index (Phi) is 4.62. The van der Waals surface area contributed by atoms with Crippen molar-refractivity contribution >= 4 is 35.2 Å². The van der Waals surface area contributed by atoms with Crippen LogP contribution in [0.4, 0.5) is 0 Å². The van der Waals surface area contributed by atoms with E-state index in [2.05, 4.69) is 75.0 Å². The number of aryl methyl sites for hydroxylation is 1. The molecule has 0 spiro atoms. The van der Waals surface area contributed by atoms with E-state index in [0.29, 0.717) is 5.92 Å². The maximum Gasteiger partial charge on any atom is 0.153 e. The van der Waals surface area contributed by atoms with E-state index in [1.54, 1.807) is 0 Å². The number of rotatable bonds is 4. The highest BCUT2D eigenvalue weighted by Crippen LogP contribution is 2.35. The summed E-state index contributed by atoms with van der Waals surface area (Å²) in [7, 11) is -1.45. The zero-order chi connectivity index (χ0) is 20.1. The van der Waals surface area contributed by atoms with Gasteiger partial charge in [0.15, 0.2) is 5.58 Å². The van der Waals surface area contributed by atoms with E-state index in [9.17, 15) is 0 Å². The van der Waals surface area contributed by atoms with E-state index in [4.69, 9.17) is 9.40 Å². The van der Waals surface area contributed by atoms with Crippen LogP contribution in [0.15, 0.2) is 47.1 Å². The van der Waals surface area contributed by atoms with Gasteiger partial charge in [0.25, 0.3) is 0 Å². The second-order valence-corrected chi connectivity index (χ2v) is 14.2. The number of hydrogen-bond acceptors (Lipinski definition) is 3. The Balaban J connectivity index is 1.93. The third-order valence-electron chi connectivity index (χ3n) is 5.22. The van der Waals surface area contributed by atoms with E-state index in [-0.39, 0.29) is 0 Å². The maximum absolute atomic E-state index is 6.22. The fraction of sp³-hybridized carbons (Fsp3) is 0.333. The largest absolute Gasteiger partial charge is 0.454 e. The van der Waals surface area contributed by atoms with Gasteiger partial charge < -0.3 is 4.42 Å². The Labute approximate surface area is 167 Å². The Morgan fingerprint density at radius 3 is 2.50 bits per heavy atom. The maximum atomic E-state index is 6.22. The number of para-hydroxylation sites is 1. The van der Waals surface area contributed by atoms with Gasteiger partial charge in [-0.2, -0.15) is 0 Å². The molecule has 0 saturated carbocycles. The van der Waals surface area contributed by atoms with Gasteiger partial charge in [0.05, 0.1) is 20.0 Å². The van der Waals surface area contributed by atoms with Crippen LogP contribution in [0, 0.1) is 12.8 Å². The third-order valence-corrected chi connectivity index (χ3v) is 7.29. The van der Waals surface area contributed by atoms with Crippen molar-refractivity contribution in [2.45, 2.75) is 46.8 Å². The summed E-state index contributed by atoms with van der Waals surface area (Å²) in [5, 5.41) is 3.70. The molecule has 0 aliphatic carbocycles. The molecule has 4 aromatic rings. The lowest BCUT2D eigenvalue weighted by atomic mass is 10.0. The lowest BCUT2D eigenvalue weighted by molar-refractivity contribution is 0.648. The molecule has 28 heavy (non-hydrogen) atoms. The van der Waals surface area contributed by atoms with Gasteiger partial charge in [-0.05, 0) is 48.2 Å². The zero-order valence-corrected chi connectivity index (χ0v) is 18.6. The second-order valence-electron chi connectivity index (χ2n) is 9.18. The molecule has 0 atom stereocenters. The van der Waals surface area contributed by atoms with Crippen molar-refractivity contribution < 1.29 is 4.42 Å². The molecule has 0 N–H and O–H groups in total. The normalized spacial score (nSPS) is 12.4. The molecule has 0 aliphatic heterocycles. The van der Waals surface area contributed by atoms with E-state index in [1.807, 2.05) is 13.1 Å². The van der Waals surface area contributed by atoms with Crippen molar-refractivity contribution in [2.75, 3.05) is 0 Å². The van der Waals surface area contributed by atoms with Crippen LogP contribution >= 0.6 is 0 Å².